The molecule has 6 heteroatoms. The molecule has 0 amide bonds. The smallest absolute Gasteiger partial charge is 0.240 e. The van der Waals surface area contributed by atoms with Crippen molar-refractivity contribution in [3.05, 3.63) is 29.3 Å². The van der Waals surface area contributed by atoms with Gasteiger partial charge in [-0.05, 0) is 48.9 Å². The van der Waals surface area contributed by atoms with Crippen molar-refractivity contribution < 1.29 is 13.2 Å². The fraction of sp³-hybridized carbons (Fsp3) is 0.600. The van der Waals surface area contributed by atoms with Gasteiger partial charge >= 0.3 is 0 Å². The summed E-state index contributed by atoms with van der Waals surface area (Å²) in [5, 5.41) is 0. The van der Waals surface area contributed by atoms with E-state index in [1.54, 1.807) is 6.07 Å². The van der Waals surface area contributed by atoms with Crippen molar-refractivity contribution in [3.63, 3.8) is 0 Å². The lowest BCUT2D eigenvalue weighted by Crippen LogP contribution is -2.68. The number of ether oxygens (including phenoxy) is 1. The number of rotatable bonds is 3. The molecule has 1 saturated carbocycles. The molecule has 1 aromatic rings. The molecule has 0 radical (unpaired) electrons. The second-order valence-electron chi connectivity index (χ2n) is 6.30. The maximum atomic E-state index is 12.5. The van der Waals surface area contributed by atoms with E-state index in [9.17, 15) is 8.42 Å². The van der Waals surface area contributed by atoms with Crippen LogP contribution in [0.4, 0.5) is 0 Å². The first kappa shape index (κ1) is 13.7. The van der Waals surface area contributed by atoms with Gasteiger partial charge in [-0.15, -0.1) is 0 Å². The number of fused-ring (bicyclic) bond motifs is 2. The first-order valence-corrected chi connectivity index (χ1v) is 9.06. The Labute approximate surface area is 124 Å². The predicted molar refractivity (Wildman–Crippen MR) is 78.4 cm³/mol. The first-order valence-electron chi connectivity index (χ1n) is 7.57. The van der Waals surface area contributed by atoms with Gasteiger partial charge in [0.05, 0.1) is 17.0 Å². The van der Waals surface area contributed by atoms with Crippen molar-refractivity contribution in [2.45, 2.75) is 48.8 Å². The molecular weight excluding hydrogens is 288 g/mol. The highest BCUT2D eigenvalue weighted by atomic mass is 32.2. The average molecular weight is 308 g/mol. The van der Waals surface area contributed by atoms with E-state index in [2.05, 4.69) is 4.72 Å². The van der Waals surface area contributed by atoms with Gasteiger partial charge in [-0.25, -0.2) is 13.1 Å². The summed E-state index contributed by atoms with van der Waals surface area (Å²) in [6.45, 7) is 0.681. The Morgan fingerprint density at radius 2 is 2.05 bits per heavy atom. The second-order valence-corrected chi connectivity index (χ2v) is 8.01. The molecule has 0 spiro atoms. The molecule has 0 bridgehead atoms. The Balaban J connectivity index is 1.56. The van der Waals surface area contributed by atoms with Crippen molar-refractivity contribution >= 4 is 10.0 Å². The van der Waals surface area contributed by atoms with Gasteiger partial charge in [0.1, 0.15) is 0 Å². The summed E-state index contributed by atoms with van der Waals surface area (Å²) in [5.74, 6) is 0.303. The van der Waals surface area contributed by atoms with E-state index in [1.165, 1.54) is 5.56 Å². The van der Waals surface area contributed by atoms with Crippen LogP contribution in [0, 0.1) is 5.92 Å². The van der Waals surface area contributed by atoms with Crippen molar-refractivity contribution in [2.75, 3.05) is 6.61 Å². The maximum absolute atomic E-state index is 12.5. The Morgan fingerprint density at radius 1 is 1.24 bits per heavy atom. The molecule has 1 heterocycles. The van der Waals surface area contributed by atoms with Crippen LogP contribution in [-0.2, 0) is 27.6 Å². The van der Waals surface area contributed by atoms with Crippen molar-refractivity contribution in [2.24, 2.45) is 11.7 Å². The van der Waals surface area contributed by atoms with Gasteiger partial charge < -0.3 is 10.5 Å². The van der Waals surface area contributed by atoms with Gasteiger partial charge in [-0.2, -0.15) is 0 Å². The normalized spacial score (nSPS) is 34.3. The number of aryl methyl sites for hydroxylation is 2. The van der Waals surface area contributed by atoms with Crippen LogP contribution in [0.25, 0.3) is 0 Å². The van der Waals surface area contributed by atoms with E-state index in [4.69, 9.17) is 10.5 Å². The molecule has 2 fully saturated rings. The molecule has 2 aliphatic carbocycles. The molecule has 4 atom stereocenters. The summed E-state index contributed by atoms with van der Waals surface area (Å²) in [6, 6.07) is 5.01. The third-order valence-corrected chi connectivity index (χ3v) is 6.57. The second kappa shape index (κ2) is 4.78. The van der Waals surface area contributed by atoms with Crippen molar-refractivity contribution in [1.29, 1.82) is 0 Å². The van der Waals surface area contributed by atoms with Gasteiger partial charge in [-0.1, -0.05) is 6.07 Å². The van der Waals surface area contributed by atoms with Crippen LogP contribution in [0.5, 0.6) is 0 Å². The zero-order valence-electron chi connectivity index (χ0n) is 11.8. The number of hydrogen-bond acceptors (Lipinski definition) is 4. The molecule has 3 aliphatic rings. The summed E-state index contributed by atoms with van der Waals surface area (Å²) >= 11 is 0. The van der Waals surface area contributed by atoms with E-state index in [0.717, 1.165) is 31.2 Å². The SMILES string of the molecule is NC1C2CCOC2C1NS(=O)(=O)c1ccc2c(c1)CCC2. The van der Waals surface area contributed by atoms with Gasteiger partial charge in [0.15, 0.2) is 0 Å². The Hall–Kier alpha value is -0.950. The minimum Gasteiger partial charge on any atom is -0.376 e. The lowest BCUT2D eigenvalue weighted by atomic mass is 9.73. The lowest BCUT2D eigenvalue weighted by molar-refractivity contribution is -0.00924. The maximum Gasteiger partial charge on any atom is 0.240 e. The molecular formula is C15H20N2O3S. The summed E-state index contributed by atoms with van der Waals surface area (Å²) in [4.78, 5) is 0.344. The molecule has 4 rings (SSSR count). The fourth-order valence-corrected chi connectivity index (χ4v) is 5.19. The first-order chi connectivity index (χ1) is 10.1. The van der Waals surface area contributed by atoms with Crippen LogP contribution in [0.3, 0.4) is 0 Å². The molecule has 3 N–H and O–H groups in total. The number of hydrogen-bond donors (Lipinski definition) is 2. The molecule has 0 aromatic heterocycles. The minimum atomic E-state index is -3.52. The zero-order chi connectivity index (χ0) is 14.6. The monoisotopic (exact) mass is 308 g/mol. The molecule has 4 unspecified atom stereocenters. The van der Waals surface area contributed by atoms with E-state index in [-0.39, 0.29) is 18.2 Å². The summed E-state index contributed by atoms with van der Waals surface area (Å²) in [5.41, 5.74) is 8.51. The van der Waals surface area contributed by atoms with Crippen LogP contribution >= 0.6 is 0 Å². The lowest BCUT2D eigenvalue weighted by Gasteiger charge is -2.45. The number of benzene rings is 1. The summed E-state index contributed by atoms with van der Waals surface area (Å²) < 4.78 is 33.4. The Kier molecular flexibility index (Phi) is 3.11. The number of nitrogens with two attached hydrogens (primary N) is 1. The quantitative estimate of drug-likeness (QED) is 0.855. The van der Waals surface area contributed by atoms with E-state index in [0.29, 0.717) is 17.4 Å². The van der Waals surface area contributed by atoms with Crippen LogP contribution < -0.4 is 10.5 Å². The molecule has 1 saturated heterocycles. The number of nitrogens with one attached hydrogen (secondary N) is 1. The molecule has 5 nitrogen and oxygen atoms in total. The van der Waals surface area contributed by atoms with E-state index < -0.39 is 10.0 Å². The summed E-state index contributed by atoms with van der Waals surface area (Å²) in [7, 11) is -3.52. The highest BCUT2D eigenvalue weighted by molar-refractivity contribution is 7.89. The third kappa shape index (κ3) is 2.12. The van der Waals surface area contributed by atoms with Gasteiger partial charge in [-0.3, -0.25) is 0 Å². The van der Waals surface area contributed by atoms with E-state index in [1.807, 2.05) is 12.1 Å². The average Bonchev–Trinajstić information content (AvgIpc) is 3.10. The fourth-order valence-electron chi connectivity index (χ4n) is 3.86. The highest BCUT2D eigenvalue weighted by Gasteiger charge is 2.53. The van der Waals surface area contributed by atoms with Gasteiger partial charge in [0.2, 0.25) is 10.0 Å². The van der Waals surface area contributed by atoms with Crippen molar-refractivity contribution in [3.8, 4) is 0 Å². The summed E-state index contributed by atoms with van der Waals surface area (Å²) in [6.07, 6.45) is 4.01. The molecule has 1 aromatic carbocycles. The van der Waals surface area contributed by atoms with Crippen LogP contribution in [0.2, 0.25) is 0 Å². The van der Waals surface area contributed by atoms with Crippen LogP contribution in [0.1, 0.15) is 24.0 Å². The van der Waals surface area contributed by atoms with Gasteiger partial charge in [0, 0.05) is 18.6 Å². The predicted octanol–water partition coefficient (Wildman–Crippen LogP) is 0.568. The van der Waals surface area contributed by atoms with Crippen molar-refractivity contribution in [1.82, 2.24) is 4.72 Å². The van der Waals surface area contributed by atoms with Gasteiger partial charge in [0.25, 0.3) is 0 Å². The molecule has 114 valence electrons. The highest BCUT2D eigenvalue weighted by Crippen LogP contribution is 2.38. The Bertz CT molecular complexity index is 673. The standard InChI is InChI=1S/C15H20N2O3S/c16-13-12-6-7-20-15(12)14(13)17-21(18,19)11-5-4-9-2-1-3-10(9)8-11/h4-5,8,12-15,17H,1-3,6-7,16H2. The molecule has 1 aliphatic heterocycles. The third-order valence-electron chi connectivity index (χ3n) is 5.12. The van der Waals surface area contributed by atoms with Crippen LogP contribution in [-0.4, -0.2) is 33.2 Å². The largest absolute Gasteiger partial charge is 0.376 e. The Morgan fingerprint density at radius 3 is 2.90 bits per heavy atom. The van der Waals surface area contributed by atoms with Crippen LogP contribution in [0.15, 0.2) is 23.1 Å². The minimum absolute atomic E-state index is 0.0517. The number of sulfonamides is 1. The molecule has 21 heavy (non-hydrogen) atoms. The van der Waals surface area contributed by atoms with E-state index >= 15 is 0 Å². The topological polar surface area (TPSA) is 81.4 Å². The zero-order valence-corrected chi connectivity index (χ0v) is 12.6.